The smallest absolute Gasteiger partial charge is 0.0316 e. The Kier molecular flexibility index (Phi) is 5.65. The second-order valence-electron chi connectivity index (χ2n) is 4.23. The molecule has 1 aromatic carbocycles. The van der Waals surface area contributed by atoms with Crippen molar-refractivity contribution in [2.45, 2.75) is 19.3 Å². The highest BCUT2D eigenvalue weighted by atomic mass is 15.1. The summed E-state index contributed by atoms with van der Waals surface area (Å²) in [6, 6.07) is 8.13. The molecule has 0 aromatic heterocycles. The molecule has 0 atom stereocenters. The first-order valence-corrected chi connectivity index (χ1v) is 5.86. The summed E-state index contributed by atoms with van der Waals surface area (Å²) in [6.45, 7) is 5.95. The second-order valence-corrected chi connectivity index (χ2v) is 4.23. The molecule has 2 N–H and O–H groups in total. The van der Waals surface area contributed by atoms with Gasteiger partial charge in [0.05, 0.1) is 0 Å². The topological polar surface area (TPSA) is 29.3 Å². The average molecular weight is 218 g/mol. The molecule has 0 saturated carbocycles. The molecule has 1 aromatic rings. The molecule has 0 spiro atoms. The lowest BCUT2D eigenvalue weighted by Gasteiger charge is -2.16. The van der Waals surface area contributed by atoms with Gasteiger partial charge in [0, 0.05) is 12.2 Å². The summed E-state index contributed by atoms with van der Waals surface area (Å²) in [6.07, 6.45) is 5.33. The molecule has 0 fully saturated rings. The second kappa shape index (κ2) is 7.07. The van der Waals surface area contributed by atoms with E-state index in [2.05, 4.69) is 30.7 Å². The van der Waals surface area contributed by atoms with Gasteiger partial charge in [-0.15, -0.1) is 6.58 Å². The van der Waals surface area contributed by atoms with Crippen LogP contribution in [0.15, 0.2) is 36.9 Å². The molecule has 2 heteroatoms. The van der Waals surface area contributed by atoms with E-state index in [1.165, 1.54) is 12.0 Å². The molecular weight excluding hydrogens is 196 g/mol. The largest absolute Gasteiger partial charge is 0.399 e. The van der Waals surface area contributed by atoms with Crippen LogP contribution in [0.4, 0.5) is 5.69 Å². The van der Waals surface area contributed by atoms with Crippen molar-refractivity contribution in [1.29, 1.82) is 0 Å². The van der Waals surface area contributed by atoms with Crippen LogP contribution in [0.3, 0.4) is 0 Å². The molecule has 0 bridgehead atoms. The summed E-state index contributed by atoms with van der Waals surface area (Å²) in [5.41, 5.74) is 7.91. The third-order valence-electron chi connectivity index (χ3n) is 2.68. The zero-order valence-corrected chi connectivity index (χ0v) is 10.2. The SMILES string of the molecule is C=CCCCN(C)CCc1cccc(N)c1. The minimum Gasteiger partial charge on any atom is -0.399 e. The van der Waals surface area contributed by atoms with Gasteiger partial charge < -0.3 is 10.6 Å². The summed E-state index contributed by atoms with van der Waals surface area (Å²) >= 11 is 0. The lowest BCUT2D eigenvalue weighted by Crippen LogP contribution is -2.22. The number of likely N-dealkylation sites (N-methyl/N-ethyl adjacent to an activating group) is 1. The molecule has 0 aliphatic heterocycles. The Morgan fingerprint density at radius 3 is 2.88 bits per heavy atom. The zero-order valence-electron chi connectivity index (χ0n) is 10.2. The fraction of sp³-hybridized carbons (Fsp3) is 0.429. The predicted molar refractivity (Wildman–Crippen MR) is 71.5 cm³/mol. The van der Waals surface area contributed by atoms with Crippen LogP contribution in [0.1, 0.15) is 18.4 Å². The van der Waals surface area contributed by atoms with Crippen LogP contribution < -0.4 is 5.73 Å². The van der Waals surface area contributed by atoms with E-state index in [1.54, 1.807) is 0 Å². The van der Waals surface area contributed by atoms with E-state index in [-0.39, 0.29) is 0 Å². The third kappa shape index (κ3) is 4.99. The maximum absolute atomic E-state index is 5.74. The normalized spacial score (nSPS) is 10.6. The van der Waals surface area contributed by atoms with Crippen molar-refractivity contribution in [1.82, 2.24) is 4.90 Å². The molecule has 0 unspecified atom stereocenters. The Labute approximate surface area is 98.8 Å². The highest BCUT2D eigenvalue weighted by Crippen LogP contribution is 2.07. The summed E-state index contributed by atoms with van der Waals surface area (Å²) in [5, 5.41) is 0. The highest BCUT2D eigenvalue weighted by molar-refractivity contribution is 5.40. The number of hydrogen-bond donors (Lipinski definition) is 1. The van der Waals surface area contributed by atoms with Crippen LogP contribution >= 0.6 is 0 Å². The fourth-order valence-electron chi connectivity index (χ4n) is 1.69. The zero-order chi connectivity index (χ0) is 11.8. The highest BCUT2D eigenvalue weighted by Gasteiger charge is 1.99. The van der Waals surface area contributed by atoms with Gasteiger partial charge in [-0.3, -0.25) is 0 Å². The molecule has 1 rings (SSSR count). The van der Waals surface area contributed by atoms with Gasteiger partial charge in [0.2, 0.25) is 0 Å². The first-order chi connectivity index (χ1) is 7.72. The van der Waals surface area contributed by atoms with Gasteiger partial charge in [0.15, 0.2) is 0 Å². The van der Waals surface area contributed by atoms with Crippen molar-refractivity contribution in [2.75, 3.05) is 25.9 Å². The standard InChI is InChI=1S/C14H22N2/c1-3-4-5-10-16(2)11-9-13-7-6-8-14(15)12-13/h3,6-8,12H,1,4-5,9-11,15H2,2H3. The summed E-state index contributed by atoms with van der Waals surface area (Å²) in [5.74, 6) is 0. The van der Waals surface area contributed by atoms with Crippen LogP contribution in [-0.2, 0) is 6.42 Å². The van der Waals surface area contributed by atoms with Crippen molar-refractivity contribution in [2.24, 2.45) is 0 Å². The molecule has 2 nitrogen and oxygen atoms in total. The van der Waals surface area contributed by atoms with Gasteiger partial charge in [-0.1, -0.05) is 18.2 Å². The lowest BCUT2D eigenvalue weighted by molar-refractivity contribution is 0.334. The summed E-state index contributed by atoms with van der Waals surface area (Å²) in [4.78, 5) is 2.35. The number of unbranched alkanes of at least 4 members (excludes halogenated alkanes) is 1. The maximum atomic E-state index is 5.74. The minimum absolute atomic E-state index is 0.854. The van der Waals surface area contributed by atoms with E-state index in [0.29, 0.717) is 0 Å². The number of benzene rings is 1. The van der Waals surface area contributed by atoms with Gasteiger partial charge >= 0.3 is 0 Å². The van der Waals surface area contributed by atoms with Crippen molar-refractivity contribution >= 4 is 5.69 Å². The minimum atomic E-state index is 0.854. The molecule has 0 heterocycles. The van der Waals surface area contributed by atoms with Crippen LogP contribution in [0.5, 0.6) is 0 Å². The van der Waals surface area contributed by atoms with Crippen LogP contribution in [0, 0.1) is 0 Å². The van der Waals surface area contributed by atoms with Crippen molar-refractivity contribution < 1.29 is 0 Å². The van der Waals surface area contributed by atoms with Gasteiger partial charge in [-0.25, -0.2) is 0 Å². The average Bonchev–Trinajstić information content (AvgIpc) is 2.27. The number of allylic oxidation sites excluding steroid dienone is 1. The molecule has 0 aliphatic carbocycles. The van der Waals surface area contributed by atoms with Crippen LogP contribution in [0.25, 0.3) is 0 Å². The molecule has 88 valence electrons. The van der Waals surface area contributed by atoms with Crippen molar-refractivity contribution in [3.63, 3.8) is 0 Å². The molecule has 0 aliphatic rings. The van der Waals surface area contributed by atoms with Gasteiger partial charge in [0.1, 0.15) is 0 Å². The first kappa shape index (κ1) is 12.8. The molecular formula is C14H22N2. The van der Waals surface area contributed by atoms with Gasteiger partial charge in [-0.05, 0) is 50.6 Å². The van der Waals surface area contributed by atoms with E-state index in [4.69, 9.17) is 5.73 Å². The molecule has 16 heavy (non-hydrogen) atoms. The van der Waals surface area contributed by atoms with E-state index >= 15 is 0 Å². The van der Waals surface area contributed by atoms with Crippen molar-refractivity contribution in [3.8, 4) is 0 Å². The maximum Gasteiger partial charge on any atom is 0.0316 e. The summed E-state index contributed by atoms with van der Waals surface area (Å²) in [7, 11) is 2.16. The Hall–Kier alpha value is -1.28. The predicted octanol–water partition coefficient (Wildman–Crippen LogP) is 2.71. The van der Waals surface area contributed by atoms with E-state index < -0.39 is 0 Å². The molecule has 0 amide bonds. The Morgan fingerprint density at radius 1 is 1.38 bits per heavy atom. The number of nitrogens with zero attached hydrogens (tertiary/aromatic N) is 1. The lowest BCUT2D eigenvalue weighted by atomic mass is 10.1. The van der Waals surface area contributed by atoms with Crippen molar-refractivity contribution in [3.05, 3.63) is 42.5 Å². The third-order valence-corrected chi connectivity index (χ3v) is 2.68. The number of anilines is 1. The van der Waals surface area contributed by atoms with E-state index in [9.17, 15) is 0 Å². The van der Waals surface area contributed by atoms with E-state index in [0.717, 1.165) is 31.6 Å². The number of rotatable bonds is 7. The first-order valence-electron chi connectivity index (χ1n) is 5.86. The van der Waals surface area contributed by atoms with Gasteiger partial charge in [0.25, 0.3) is 0 Å². The van der Waals surface area contributed by atoms with Crippen LogP contribution in [0.2, 0.25) is 0 Å². The monoisotopic (exact) mass is 218 g/mol. The van der Waals surface area contributed by atoms with Crippen LogP contribution in [-0.4, -0.2) is 25.0 Å². The Bertz CT molecular complexity index is 320. The quantitative estimate of drug-likeness (QED) is 0.433. The fourth-order valence-corrected chi connectivity index (χ4v) is 1.69. The van der Waals surface area contributed by atoms with E-state index in [1.807, 2.05) is 18.2 Å². The summed E-state index contributed by atoms with van der Waals surface area (Å²) < 4.78 is 0. The Balaban J connectivity index is 2.25. The number of hydrogen-bond acceptors (Lipinski definition) is 2. The number of nitrogen functional groups attached to an aromatic ring is 1. The Morgan fingerprint density at radius 2 is 2.19 bits per heavy atom. The molecule has 0 radical (unpaired) electrons. The number of nitrogens with two attached hydrogens (primary N) is 1. The molecule has 0 saturated heterocycles. The van der Waals surface area contributed by atoms with Gasteiger partial charge in [-0.2, -0.15) is 0 Å².